The first-order valence-corrected chi connectivity index (χ1v) is 7.13. The Morgan fingerprint density at radius 1 is 1.53 bits per heavy atom. The van der Waals surface area contributed by atoms with Crippen molar-refractivity contribution < 1.29 is 9.53 Å². The first-order valence-electron chi connectivity index (χ1n) is 5.33. The van der Waals surface area contributed by atoms with Crippen LogP contribution in [0.4, 0.5) is 5.13 Å². The first kappa shape index (κ1) is 12.6. The molecule has 0 atom stereocenters. The molecular weight excluding hydrogens is 260 g/mol. The molecular formula is C9H14N4O2S2. The van der Waals surface area contributed by atoms with E-state index < -0.39 is 0 Å². The molecule has 8 heteroatoms. The number of nitrogens with zero attached hydrogens (tertiary/aromatic N) is 2. The molecule has 2 heterocycles. The first-order chi connectivity index (χ1) is 8.24. The second-order valence-electron chi connectivity index (χ2n) is 3.65. The zero-order chi connectivity index (χ0) is 12.1. The molecule has 3 N–H and O–H groups in total. The summed E-state index contributed by atoms with van der Waals surface area (Å²) in [5.74, 6) is 0.377. The topological polar surface area (TPSA) is 90.1 Å². The second-order valence-corrected chi connectivity index (χ2v) is 5.88. The van der Waals surface area contributed by atoms with Crippen LogP contribution in [0.1, 0.15) is 12.8 Å². The third-order valence-corrected chi connectivity index (χ3v) is 4.22. The minimum Gasteiger partial charge on any atom is -0.381 e. The van der Waals surface area contributed by atoms with E-state index in [2.05, 4.69) is 15.5 Å². The van der Waals surface area contributed by atoms with E-state index in [-0.39, 0.29) is 11.9 Å². The van der Waals surface area contributed by atoms with Gasteiger partial charge in [-0.25, -0.2) is 0 Å². The molecule has 0 aliphatic carbocycles. The number of hydrogen-bond acceptors (Lipinski definition) is 7. The number of hydrogen-bond donors (Lipinski definition) is 2. The van der Waals surface area contributed by atoms with Crippen LogP contribution >= 0.6 is 23.1 Å². The molecule has 0 spiro atoms. The van der Waals surface area contributed by atoms with Crippen molar-refractivity contribution in [1.82, 2.24) is 15.5 Å². The molecule has 6 nitrogen and oxygen atoms in total. The molecule has 17 heavy (non-hydrogen) atoms. The van der Waals surface area contributed by atoms with E-state index in [0.717, 1.165) is 30.4 Å². The van der Waals surface area contributed by atoms with Gasteiger partial charge in [0.25, 0.3) is 0 Å². The van der Waals surface area contributed by atoms with Crippen LogP contribution < -0.4 is 11.1 Å². The summed E-state index contributed by atoms with van der Waals surface area (Å²) in [6, 6.07) is 0.247. The zero-order valence-corrected chi connectivity index (χ0v) is 10.9. The van der Waals surface area contributed by atoms with Crippen molar-refractivity contribution in [3.63, 3.8) is 0 Å². The number of thioether (sulfide) groups is 1. The van der Waals surface area contributed by atoms with Gasteiger partial charge in [0.15, 0.2) is 4.34 Å². The third-order valence-electron chi connectivity index (χ3n) is 2.34. The van der Waals surface area contributed by atoms with Crippen LogP contribution in [0, 0.1) is 0 Å². The minimum atomic E-state index is 0.0238. The Labute approximate surface area is 107 Å². The number of nitrogens with two attached hydrogens (primary N) is 1. The molecule has 0 bridgehead atoms. The van der Waals surface area contributed by atoms with Gasteiger partial charge in [-0.15, -0.1) is 10.2 Å². The van der Waals surface area contributed by atoms with Gasteiger partial charge in [0, 0.05) is 19.3 Å². The number of amides is 1. The van der Waals surface area contributed by atoms with E-state index in [1.54, 1.807) is 0 Å². The van der Waals surface area contributed by atoms with Crippen LogP contribution in [-0.4, -0.2) is 41.1 Å². The molecule has 1 aromatic rings. The maximum Gasteiger partial charge on any atom is 0.230 e. The summed E-state index contributed by atoms with van der Waals surface area (Å²) in [7, 11) is 0. The zero-order valence-electron chi connectivity index (χ0n) is 9.22. The van der Waals surface area contributed by atoms with E-state index in [1.165, 1.54) is 23.1 Å². The highest BCUT2D eigenvalue weighted by Gasteiger charge is 2.16. The van der Waals surface area contributed by atoms with Crippen molar-refractivity contribution >= 4 is 34.1 Å². The Hall–Kier alpha value is -0.860. The Morgan fingerprint density at radius 3 is 2.94 bits per heavy atom. The predicted octanol–water partition coefficient (Wildman–Crippen LogP) is 0.508. The highest BCUT2D eigenvalue weighted by atomic mass is 32.2. The lowest BCUT2D eigenvalue weighted by Crippen LogP contribution is -2.39. The summed E-state index contributed by atoms with van der Waals surface area (Å²) in [6.07, 6.45) is 1.78. The fourth-order valence-electron chi connectivity index (χ4n) is 1.52. The number of aromatic nitrogens is 2. The van der Waals surface area contributed by atoms with Gasteiger partial charge >= 0.3 is 0 Å². The second kappa shape index (κ2) is 6.18. The monoisotopic (exact) mass is 274 g/mol. The highest BCUT2D eigenvalue weighted by molar-refractivity contribution is 8.01. The van der Waals surface area contributed by atoms with Gasteiger partial charge in [0.2, 0.25) is 11.0 Å². The van der Waals surface area contributed by atoms with Gasteiger partial charge in [-0.05, 0) is 12.8 Å². The lowest BCUT2D eigenvalue weighted by molar-refractivity contribution is -0.119. The normalized spacial score (nSPS) is 16.9. The van der Waals surface area contributed by atoms with Gasteiger partial charge in [0.05, 0.1) is 5.75 Å². The summed E-state index contributed by atoms with van der Waals surface area (Å²) >= 11 is 2.65. The Bertz CT molecular complexity index is 379. The molecule has 1 saturated heterocycles. The number of carbonyl (C=O) groups excluding carboxylic acids is 1. The molecule has 2 rings (SSSR count). The smallest absolute Gasteiger partial charge is 0.230 e. The summed E-state index contributed by atoms with van der Waals surface area (Å²) in [4.78, 5) is 11.6. The van der Waals surface area contributed by atoms with Crippen molar-refractivity contribution in [3.05, 3.63) is 0 Å². The van der Waals surface area contributed by atoms with Gasteiger partial charge in [-0.2, -0.15) is 0 Å². The minimum absolute atomic E-state index is 0.0238. The lowest BCUT2D eigenvalue weighted by atomic mass is 10.1. The molecule has 1 amide bonds. The lowest BCUT2D eigenvalue weighted by Gasteiger charge is -2.22. The van der Waals surface area contributed by atoms with Crippen LogP contribution in [0.25, 0.3) is 0 Å². The number of carbonyl (C=O) groups is 1. The van der Waals surface area contributed by atoms with E-state index in [9.17, 15) is 4.79 Å². The van der Waals surface area contributed by atoms with E-state index in [4.69, 9.17) is 10.5 Å². The number of anilines is 1. The Morgan fingerprint density at radius 2 is 2.29 bits per heavy atom. The summed E-state index contributed by atoms with van der Waals surface area (Å²) in [5.41, 5.74) is 5.45. The predicted molar refractivity (Wildman–Crippen MR) is 67.0 cm³/mol. The van der Waals surface area contributed by atoms with Crippen LogP contribution in [0.3, 0.4) is 0 Å². The molecule has 1 aliphatic heterocycles. The Kier molecular flexibility index (Phi) is 4.57. The quantitative estimate of drug-likeness (QED) is 0.777. The van der Waals surface area contributed by atoms with Gasteiger partial charge in [0.1, 0.15) is 0 Å². The summed E-state index contributed by atoms with van der Waals surface area (Å²) in [6.45, 7) is 1.45. The molecule has 1 fully saturated rings. The summed E-state index contributed by atoms with van der Waals surface area (Å²) < 4.78 is 5.95. The van der Waals surface area contributed by atoms with E-state index in [0.29, 0.717) is 10.9 Å². The number of rotatable bonds is 4. The molecule has 1 aliphatic rings. The fraction of sp³-hybridized carbons (Fsp3) is 0.667. The Balaban J connectivity index is 1.70. The fourth-order valence-corrected chi connectivity index (χ4v) is 2.96. The van der Waals surface area contributed by atoms with Crippen LogP contribution in [0.5, 0.6) is 0 Å². The number of nitrogens with one attached hydrogen (secondary N) is 1. The summed E-state index contributed by atoms with van der Waals surface area (Å²) in [5, 5.41) is 10.9. The molecule has 0 saturated carbocycles. The highest BCUT2D eigenvalue weighted by Crippen LogP contribution is 2.23. The van der Waals surface area contributed by atoms with E-state index >= 15 is 0 Å². The van der Waals surface area contributed by atoms with E-state index in [1.807, 2.05) is 0 Å². The molecule has 0 unspecified atom stereocenters. The molecule has 94 valence electrons. The SMILES string of the molecule is Nc1nnc(SCC(=O)NC2CCOCC2)s1. The van der Waals surface area contributed by atoms with Crippen molar-refractivity contribution in [2.24, 2.45) is 0 Å². The number of nitrogen functional groups attached to an aromatic ring is 1. The third kappa shape index (κ3) is 4.14. The van der Waals surface area contributed by atoms with Gasteiger partial charge < -0.3 is 15.8 Å². The van der Waals surface area contributed by atoms with Crippen LogP contribution in [0.2, 0.25) is 0 Å². The standard InChI is InChI=1S/C9H14N4O2S2/c10-8-12-13-9(17-8)16-5-7(14)11-6-1-3-15-4-2-6/h6H,1-5H2,(H2,10,12)(H,11,14). The van der Waals surface area contributed by atoms with Crippen molar-refractivity contribution in [1.29, 1.82) is 0 Å². The average Bonchev–Trinajstić information content (AvgIpc) is 2.74. The number of ether oxygens (including phenoxy) is 1. The average molecular weight is 274 g/mol. The largest absolute Gasteiger partial charge is 0.381 e. The maximum absolute atomic E-state index is 11.6. The van der Waals surface area contributed by atoms with Crippen LogP contribution in [-0.2, 0) is 9.53 Å². The van der Waals surface area contributed by atoms with Crippen molar-refractivity contribution in [2.75, 3.05) is 24.7 Å². The van der Waals surface area contributed by atoms with Crippen molar-refractivity contribution in [3.8, 4) is 0 Å². The molecule has 1 aromatic heterocycles. The van der Waals surface area contributed by atoms with Crippen molar-refractivity contribution in [2.45, 2.75) is 23.2 Å². The molecule has 0 radical (unpaired) electrons. The van der Waals surface area contributed by atoms with Gasteiger partial charge in [-0.1, -0.05) is 23.1 Å². The van der Waals surface area contributed by atoms with Crippen LogP contribution in [0.15, 0.2) is 4.34 Å². The molecule has 0 aromatic carbocycles. The van der Waals surface area contributed by atoms with Gasteiger partial charge in [-0.3, -0.25) is 4.79 Å². The maximum atomic E-state index is 11.6.